The minimum Gasteiger partial charge on any atom is -0.314 e. The van der Waals surface area contributed by atoms with Crippen LogP contribution in [0.1, 0.15) is 59.3 Å². The SMILES string of the molecule is C#CCC1CC(C(C)(C)C)CCC1CNC1CC1. The molecule has 0 bridgehead atoms. The summed E-state index contributed by atoms with van der Waals surface area (Å²) in [6.07, 6.45) is 13.4. The average molecular weight is 247 g/mol. The van der Waals surface area contributed by atoms with E-state index >= 15 is 0 Å². The Labute approximate surface area is 113 Å². The van der Waals surface area contributed by atoms with Crippen LogP contribution in [0, 0.1) is 35.5 Å². The van der Waals surface area contributed by atoms with Crippen LogP contribution >= 0.6 is 0 Å². The standard InChI is InChI=1S/C17H29N/c1-5-6-13-11-15(17(2,3)4)8-7-14(13)12-18-16-9-10-16/h1,13-16,18H,6-12H2,2-4H3. The predicted octanol–water partition coefficient (Wildman–Crippen LogP) is 3.84. The molecule has 0 saturated heterocycles. The van der Waals surface area contributed by atoms with Gasteiger partial charge in [-0.1, -0.05) is 20.8 Å². The number of hydrogen-bond donors (Lipinski definition) is 1. The summed E-state index contributed by atoms with van der Waals surface area (Å²) in [5.74, 6) is 5.34. The third-order valence-corrected chi connectivity index (χ3v) is 4.99. The van der Waals surface area contributed by atoms with E-state index in [-0.39, 0.29) is 0 Å². The second kappa shape index (κ2) is 5.66. The molecule has 0 spiro atoms. The van der Waals surface area contributed by atoms with Crippen molar-refractivity contribution >= 4 is 0 Å². The Morgan fingerprint density at radius 3 is 2.39 bits per heavy atom. The fraction of sp³-hybridized carbons (Fsp3) is 0.882. The molecule has 0 aromatic rings. The Morgan fingerprint density at radius 1 is 1.11 bits per heavy atom. The first-order chi connectivity index (χ1) is 8.50. The Balaban J connectivity index is 1.88. The molecule has 0 aliphatic heterocycles. The third kappa shape index (κ3) is 3.75. The maximum Gasteiger partial charge on any atom is 0.0118 e. The van der Waals surface area contributed by atoms with Crippen molar-refractivity contribution < 1.29 is 0 Å². The van der Waals surface area contributed by atoms with Crippen molar-refractivity contribution in [3.8, 4) is 12.3 Å². The molecule has 1 nitrogen and oxygen atoms in total. The van der Waals surface area contributed by atoms with Gasteiger partial charge >= 0.3 is 0 Å². The zero-order chi connectivity index (χ0) is 13.2. The van der Waals surface area contributed by atoms with E-state index in [9.17, 15) is 0 Å². The predicted molar refractivity (Wildman–Crippen MR) is 78.3 cm³/mol. The maximum absolute atomic E-state index is 5.57. The molecule has 2 fully saturated rings. The minimum atomic E-state index is 0.446. The Hall–Kier alpha value is -0.480. The number of rotatable bonds is 4. The van der Waals surface area contributed by atoms with Gasteiger partial charge in [0.05, 0.1) is 0 Å². The van der Waals surface area contributed by atoms with Crippen molar-refractivity contribution in [3.05, 3.63) is 0 Å². The van der Waals surface area contributed by atoms with Gasteiger partial charge in [0.25, 0.3) is 0 Å². The van der Waals surface area contributed by atoms with E-state index in [1.165, 1.54) is 38.6 Å². The van der Waals surface area contributed by atoms with Gasteiger partial charge < -0.3 is 5.32 Å². The van der Waals surface area contributed by atoms with Crippen molar-refractivity contribution in [2.45, 2.75) is 65.3 Å². The summed E-state index contributed by atoms with van der Waals surface area (Å²) in [7, 11) is 0. The summed E-state index contributed by atoms with van der Waals surface area (Å²) in [4.78, 5) is 0. The van der Waals surface area contributed by atoms with Crippen LogP contribution in [0.5, 0.6) is 0 Å². The Kier molecular flexibility index (Phi) is 4.38. The number of nitrogens with one attached hydrogen (secondary N) is 1. The van der Waals surface area contributed by atoms with Crippen molar-refractivity contribution in [1.82, 2.24) is 5.32 Å². The monoisotopic (exact) mass is 247 g/mol. The van der Waals surface area contributed by atoms with E-state index in [4.69, 9.17) is 6.42 Å². The number of terminal acetylenes is 1. The summed E-state index contributed by atoms with van der Waals surface area (Å²) >= 11 is 0. The van der Waals surface area contributed by atoms with Crippen molar-refractivity contribution in [2.24, 2.45) is 23.2 Å². The molecule has 3 unspecified atom stereocenters. The highest BCUT2D eigenvalue weighted by Gasteiger charge is 2.35. The highest BCUT2D eigenvalue weighted by molar-refractivity contribution is 4.95. The molecule has 0 aromatic heterocycles. The van der Waals surface area contributed by atoms with Crippen LogP contribution in [0.2, 0.25) is 0 Å². The van der Waals surface area contributed by atoms with Gasteiger partial charge in [-0.15, -0.1) is 12.3 Å². The van der Waals surface area contributed by atoms with Gasteiger partial charge in [0.1, 0.15) is 0 Å². The van der Waals surface area contributed by atoms with Gasteiger partial charge in [-0.2, -0.15) is 0 Å². The van der Waals surface area contributed by atoms with Crippen LogP contribution in [0.25, 0.3) is 0 Å². The molecule has 2 rings (SSSR count). The summed E-state index contributed by atoms with van der Waals surface area (Å²) in [6, 6.07) is 0.830. The van der Waals surface area contributed by atoms with E-state index in [2.05, 4.69) is 32.0 Å². The van der Waals surface area contributed by atoms with E-state index in [0.717, 1.165) is 30.2 Å². The molecule has 2 aliphatic carbocycles. The first-order valence-electron chi connectivity index (χ1n) is 7.67. The van der Waals surface area contributed by atoms with E-state index < -0.39 is 0 Å². The van der Waals surface area contributed by atoms with Gasteiger partial charge in [-0.25, -0.2) is 0 Å². The average Bonchev–Trinajstić information content (AvgIpc) is 3.10. The molecule has 3 atom stereocenters. The lowest BCUT2D eigenvalue weighted by atomic mass is 9.65. The van der Waals surface area contributed by atoms with Crippen molar-refractivity contribution in [1.29, 1.82) is 0 Å². The quantitative estimate of drug-likeness (QED) is 0.744. The lowest BCUT2D eigenvalue weighted by Crippen LogP contribution is -2.37. The van der Waals surface area contributed by atoms with Gasteiger partial charge in [0, 0.05) is 12.5 Å². The summed E-state index contributed by atoms with van der Waals surface area (Å²) in [5, 5.41) is 3.70. The lowest BCUT2D eigenvalue weighted by molar-refractivity contribution is 0.0993. The number of hydrogen-bond acceptors (Lipinski definition) is 1. The van der Waals surface area contributed by atoms with E-state index in [1.54, 1.807) is 0 Å². The smallest absolute Gasteiger partial charge is 0.0118 e. The van der Waals surface area contributed by atoms with Crippen molar-refractivity contribution in [3.63, 3.8) is 0 Å². The normalized spacial score (nSPS) is 33.1. The topological polar surface area (TPSA) is 12.0 Å². The summed E-state index contributed by atoms with van der Waals surface area (Å²) in [5.41, 5.74) is 0.446. The molecule has 0 heterocycles. The second-order valence-corrected chi connectivity index (χ2v) is 7.49. The molecule has 102 valence electrons. The first kappa shape index (κ1) is 13.9. The van der Waals surface area contributed by atoms with Gasteiger partial charge in [-0.05, 0) is 61.8 Å². The second-order valence-electron chi connectivity index (χ2n) is 7.49. The fourth-order valence-corrected chi connectivity index (χ4v) is 3.39. The third-order valence-electron chi connectivity index (χ3n) is 4.99. The van der Waals surface area contributed by atoms with Gasteiger partial charge in [0.2, 0.25) is 0 Å². The van der Waals surface area contributed by atoms with Crippen molar-refractivity contribution in [2.75, 3.05) is 6.54 Å². The molecule has 18 heavy (non-hydrogen) atoms. The Bertz CT molecular complexity index is 303. The first-order valence-corrected chi connectivity index (χ1v) is 7.67. The van der Waals surface area contributed by atoms with Crippen LogP contribution in [0.3, 0.4) is 0 Å². The van der Waals surface area contributed by atoms with Crippen LogP contribution in [-0.4, -0.2) is 12.6 Å². The molecule has 0 aromatic carbocycles. The highest BCUT2D eigenvalue weighted by Crippen LogP contribution is 2.43. The maximum atomic E-state index is 5.57. The van der Waals surface area contributed by atoms with Gasteiger partial charge in [-0.3, -0.25) is 0 Å². The highest BCUT2D eigenvalue weighted by atomic mass is 14.9. The van der Waals surface area contributed by atoms with Gasteiger partial charge in [0.15, 0.2) is 0 Å². The molecule has 0 amide bonds. The van der Waals surface area contributed by atoms with Crippen LogP contribution < -0.4 is 5.32 Å². The Morgan fingerprint density at radius 2 is 1.83 bits per heavy atom. The molecular formula is C17H29N. The molecule has 2 saturated carbocycles. The summed E-state index contributed by atoms with van der Waals surface area (Å²) in [6.45, 7) is 8.35. The largest absolute Gasteiger partial charge is 0.314 e. The fourth-order valence-electron chi connectivity index (χ4n) is 3.39. The molecule has 2 aliphatic rings. The van der Waals surface area contributed by atoms with Crippen LogP contribution in [0.4, 0.5) is 0 Å². The minimum absolute atomic E-state index is 0.446. The summed E-state index contributed by atoms with van der Waals surface area (Å²) < 4.78 is 0. The zero-order valence-corrected chi connectivity index (χ0v) is 12.3. The lowest BCUT2D eigenvalue weighted by Gasteiger charge is -2.41. The van der Waals surface area contributed by atoms with E-state index in [1.807, 2.05) is 0 Å². The van der Waals surface area contributed by atoms with Crippen LogP contribution in [-0.2, 0) is 0 Å². The zero-order valence-electron chi connectivity index (χ0n) is 12.3. The van der Waals surface area contributed by atoms with Crippen LogP contribution in [0.15, 0.2) is 0 Å². The molecular weight excluding hydrogens is 218 g/mol. The molecule has 0 radical (unpaired) electrons. The molecule has 1 heteroatoms. The molecule has 1 N–H and O–H groups in total. The van der Waals surface area contributed by atoms with E-state index in [0.29, 0.717) is 5.41 Å².